The van der Waals surface area contributed by atoms with E-state index in [9.17, 15) is 4.79 Å². The maximum atomic E-state index is 11.8. The number of methoxy groups -OCH3 is 1. The molecule has 0 saturated heterocycles. The zero-order valence-corrected chi connectivity index (χ0v) is 13.5. The Balaban J connectivity index is 2.04. The van der Waals surface area contributed by atoms with Crippen LogP contribution in [-0.2, 0) is 4.79 Å². The highest BCUT2D eigenvalue weighted by atomic mass is 16.5. The summed E-state index contributed by atoms with van der Waals surface area (Å²) in [4.78, 5) is 11.8. The van der Waals surface area contributed by atoms with E-state index in [0.29, 0.717) is 18.7 Å². The molecule has 0 radical (unpaired) electrons. The van der Waals surface area contributed by atoms with Crippen molar-refractivity contribution in [1.82, 2.24) is 0 Å². The van der Waals surface area contributed by atoms with E-state index in [2.05, 4.69) is 12.2 Å². The van der Waals surface area contributed by atoms with Gasteiger partial charge in [-0.25, -0.2) is 0 Å². The standard InChI is InChI=1S/C18H29NO2/c1-3-4-5-6-7-8-9-17(20)14-15-19-16-10-12-18(21-2)13-11-16/h10-13,19H,3-9,14-15H2,1-2H3. The number of Topliss-reactive ketones (excluding diaryl/α,β-unsaturated/α-hetero) is 1. The third kappa shape index (κ3) is 8.38. The SMILES string of the molecule is CCCCCCCCC(=O)CCNc1ccc(OC)cc1. The van der Waals surface area contributed by atoms with Gasteiger partial charge in [0.15, 0.2) is 0 Å². The van der Waals surface area contributed by atoms with E-state index in [0.717, 1.165) is 24.3 Å². The number of anilines is 1. The second kappa shape index (κ2) is 11.2. The van der Waals surface area contributed by atoms with Gasteiger partial charge >= 0.3 is 0 Å². The van der Waals surface area contributed by atoms with Crippen LogP contribution in [0.3, 0.4) is 0 Å². The quantitative estimate of drug-likeness (QED) is 0.561. The molecule has 0 aliphatic carbocycles. The molecule has 0 saturated carbocycles. The number of benzene rings is 1. The van der Waals surface area contributed by atoms with E-state index in [1.54, 1.807) is 7.11 Å². The molecule has 0 fully saturated rings. The number of carbonyl (C=O) groups excluding carboxylic acids is 1. The summed E-state index contributed by atoms with van der Waals surface area (Å²) in [5.74, 6) is 1.21. The average molecular weight is 291 g/mol. The van der Waals surface area contributed by atoms with Crippen molar-refractivity contribution in [3.63, 3.8) is 0 Å². The average Bonchev–Trinajstić information content (AvgIpc) is 2.51. The Morgan fingerprint density at radius 3 is 2.33 bits per heavy atom. The summed E-state index contributed by atoms with van der Waals surface area (Å²) >= 11 is 0. The van der Waals surface area contributed by atoms with Crippen LogP contribution in [0.5, 0.6) is 5.75 Å². The number of rotatable bonds is 12. The first-order valence-corrected chi connectivity index (χ1v) is 8.16. The van der Waals surface area contributed by atoms with E-state index in [-0.39, 0.29) is 0 Å². The lowest BCUT2D eigenvalue weighted by atomic mass is 10.1. The van der Waals surface area contributed by atoms with Crippen LogP contribution in [0, 0.1) is 0 Å². The Hall–Kier alpha value is -1.51. The summed E-state index contributed by atoms with van der Waals surface area (Å²) in [6.45, 7) is 2.93. The van der Waals surface area contributed by atoms with E-state index < -0.39 is 0 Å². The molecule has 3 heteroatoms. The van der Waals surface area contributed by atoms with Crippen LogP contribution in [0.25, 0.3) is 0 Å². The number of ketones is 1. The fraction of sp³-hybridized carbons (Fsp3) is 0.611. The van der Waals surface area contributed by atoms with Crippen molar-refractivity contribution in [2.24, 2.45) is 0 Å². The minimum Gasteiger partial charge on any atom is -0.497 e. The second-order valence-electron chi connectivity index (χ2n) is 5.46. The third-order valence-electron chi connectivity index (χ3n) is 3.63. The van der Waals surface area contributed by atoms with Crippen LogP contribution in [0.4, 0.5) is 5.69 Å². The van der Waals surface area contributed by atoms with Gasteiger partial charge in [-0.2, -0.15) is 0 Å². The van der Waals surface area contributed by atoms with Gasteiger partial charge in [-0.1, -0.05) is 39.0 Å². The molecule has 1 aromatic carbocycles. The van der Waals surface area contributed by atoms with Gasteiger partial charge in [-0.15, -0.1) is 0 Å². The first kappa shape index (κ1) is 17.5. The molecule has 21 heavy (non-hydrogen) atoms. The molecule has 0 heterocycles. The minimum absolute atomic E-state index is 0.367. The molecule has 0 unspecified atom stereocenters. The lowest BCUT2D eigenvalue weighted by molar-refractivity contribution is -0.118. The molecule has 1 rings (SSSR count). The zero-order valence-electron chi connectivity index (χ0n) is 13.5. The van der Waals surface area contributed by atoms with Crippen molar-refractivity contribution in [3.8, 4) is 5.75 Å². The second-order valence-corrected chi connectivity index (χ2v) is 5.46. The molecule has 0 aromatic heterocycles. The fourth-order valence-electron chi connectivity index (χ4n) is 2.28. The summed E-state index contributed by atoms with van der Waals surface area (Å²) in [6.07, 6.45) is 8.75. The van der Waals surface area contributed by atoms with Crippen LogP contribution in [0.15, 0.2) is 24.3 Å². The van der Waals surface area contributed by atoms with Gasteiger partial charge in [0.25, 0.3) is 0 Å². The topological polar surface area (TPSA) is 38.3 Å². The highest BCUT2D eigenvalue weighted by Crippen LogP contribution is 2.15. The summed E-state index contributed by atoms with van der Waals surface area (Å²) in [5, 5.41) is 3.27. The van der Waals surface area contributed by atoms with Gasteiger partial charge in [-0.05, 0) is 30.7 Å². The number of hydrogen-bond donors (Lipinski definition) is 1. The fourth-order valence-corrected chi connectivity index (χ4v) is 2.28. The van der Waals surface area contributed by atoms with Crippen molar-refractivity contribution < 1.29 is 9.53 Å². The summed E-state index contributed by atoms with van der Waals surface area (Å²) in [7, 11) is 1.66. The highest BCUT2D eigenvalue weighted by Gasteiger charge is 2.02. The lowest BCUT2D eigenvalue weighted by Gasteiger charge is -2.07. The van der Waals surface area contributed by atoms with E-state index in [4.69, 9.17) is 4.74 Å². The molecule has 0 spiro atoms. The van der Waals surface area contributed by atoms with Crippen LogP contribution in [0.1, 0.15) is 58.3 Å². The largest absolute Gasteiger partial charge is 0.497 e. The first-order chi connectivity index (χ1) is 10.3. The molecule has 118 valence electrons. The van der Waals surface area contributed by atoms with Gasteiger partial charge in [0, 0.05) is 25.1 Å². The van der Waals surface area contributed by atoms with Crippen molar-refractivity contribution in [3.05, 3.63) is 24.3 Å². The molecular weight excluding hydrogens is 262 g/mol. The Morgan fingerprint density at radius 2 is 1.67 bits per heavy atom. The van der Waals surface area contributed by atoms with Gasteiger partial charge in [0.2, 0.25) is 0 Å². The monoisotopic (exact) mass is 291 g/mol. The Labute approximate surface area is 129 Å². The number of nitrogens with one attached hydrogen (secondary N) is 1. The minimum atomic E-state index is 0.367. The summed E-state index contributed by atoms with van der Waals surface area (Å²) < 4.78 is 5.11. The van der Waals surface area contributed by atoms with Gasteiger partial charge in [0.1, 0.15) is 11.5 Å². The number of carbonyl (C=O) groups is 1. The molecule has 1 aromatic rings. The number of ether oxygens (including phenoxy) is 1. The molecule has 0 bridgehead atoms. The van der Waals surface area contributed by atoms with Crippen molar-refractivity contribution in [2.45, 2.75) is 58.3 Å². The Kier molecular flexibility index (Phi) is 9.34. The maximum Gasteiger partial charge on any atom is 0.134 e. The van der Waals surface area contributed by atoms with E-state index >= 15 is 0 Å². The predicted molar refractivity (Wildman–Crippen MR) is 89.1 cm³/mol. The predicted octanol–water partition coefficient (Wildman–Crippen LogP) is 4.82. The summed E-state index contributed by atoms with van der Waals surface area (Å²) in [6, 6.07) is 7.77. The van der Waals surface area contributed by atoms with E-state index in [1.807, 2.05) is 24.3 Å². The molecule has 0 amide bonds. The molecule has 1 N–H and O–H groups in total. The van der Waals surface area contributed by atoms with Crippen LogP contribution < -0.4 is 10.1 Å². The molecule has 0 atom stereocenters. The van der Waals surface area contributed by atoms with Crippen molar-refractivity contribution in [2.75, 3.05) is 19.0 Å². The molecule has 0 aliphatic heterocycles. The van der Waals surface area contributed by atoms with Gasteiger partial charge in [0.05, 0.1) is 7.11 Å². The zero-order chi connectivity index (χ0) is 15.3. The smallest absolute Gasteiger partial charge is 0.134 e. The summed E-state index contributed by atoms with van der Waals surface area (Å²) in [5.41, 5.74) is 1.03. The van der Waals surface area contributed by atoms with Gasteiger partial charge in [-0.3, -0.25) is 4.79 Å². The third-order valence-corrected chi connectivity index (χ3v) is 3.63. The van der Waals surface area contributed by atoms with Crippen LogP contribution in [-0.4, -0.2) is 19.4 Å². The normalized spacial score (nSPS) is 10.4. The maximum absolute atomic E-state index is 11.8. The van der Waals surface area contributed by atoms with Crippen molar-refractivity contribution in [1.29, 1.82) is 0 Å². The van der Waals surface area contributed by atoms with E-state index in [1.165, 1.54) is 32.1 Å². The Morgan fingerprint density at radius 1 is 1.00 bits per heavy atom. The molecule has 3 nitrogen and oxygen atoms in total. The lowest BCUT2D eigenvalue weighted by Crippen LogP contribution is -2.08. The number of unbranched alkanes of at least 4 members (excludes halogenated alkanes) is 5. The van der Waals surface area contributed by atoms with Crippen molar-refractivity contribution >= 4 is 11.5 Å². The van der Waals surface area contributed by atoms with Crippen LogP contribution >= 0.6 is 0 Å². The molecule has 0 aliphatic rings. The van der Waals surface area contributed by atoms with Crippen LogP contribution in [0.2, 0.25) is 0 Å². The first-order valence-electron chi connectivity index (χ1n) is 8.16. The van der Waals surface area contributed by atoms with Gasteiger partial charge < -0.3 is 10.1 Å². The highest BCUT2D eigenvalue weighted by molar-refractivity contribution is 5.78. The number of hydrogen-bond acceptors (Lipinski definition) is 3. The molecular formula is C18H29NO2. The Bertz CT molecular complexity index is 387.